The summed E-state index contributed by atoms with van der Waals surface area (Å²) in [5, 5.41) is 3.35. The van der Waals surface area contributed by atoms with Gasteiger partial charge in [-0.1, -0.05) is 13.8 Å². The van der Waals surface area contributed by atoms with Crippen LogP contribution in [0.2, 0.25) is 0 Å². The highest BCUT2D eigenvalue weighted by Crippen LogP contribution is 2.13. The molecule has 0 saturated carbocycles. The fourth-order valence-corrected chi connectivity index (χ4v) is 2.47. The van der Waals surface area contributed by atoms with E-state index in [9.17, 15) is 4.79 Å². The first-order valence-corrected chi connectivity index (χ1v) is 6.82. The molecule has 1 aliphatic rings. The summed E-state index contributed by atoms with van der Waals surface area (Å²) in [6.07, 6.45) is 4.65. The highest BCUT2D eigenvalue weighted by atomic mass is 16.1. The Morgan fingerprint density at radius 1 is 1.41 bits per heavy atom. The molecule has 4 nitrogen and oxygen atoms in total. The third-order valence-electron chi connectivity index (χ3n) is 3.41. The predicted molar refractivity (Wildman–Crippen MR) is 70.7 cm³/mol. The summed E-state index contributed by atoms with van der Waals surface area (Å²) in [6, 6.07) is 0.538. The summed E-state index contributed by atoms with van der Waals surface area (Å²) in [7, 11) is 0. The Morgan fingerprint density at radius 3 is 2.59 bits per heavy atom. The summed E-state index contributed by atoms with van der Waals surface area (Å²) in [4.78, 5) is 13.4. The molecule has 4 heteroatoms. The average Bonchev–Trinajstić information content (AvgIpc) is 2.28. The lowest BCUT2D eigenvalue weighted by atomic mass is 10.0. The second-order valence-corrected chi connectivity index (χ2v) is 5.45. The smallest absolute Gasteiger partial charge is 0.231 e. The van der Waals surface area contributed by atoms with Gasteiger partial charge in [-0.3, -0.25) is 9.69 Å². The Labute approximate surface area is 105 Å². The Bertz CT molecular complexity index is 225. The lowest BCUT2D eigenvalue weighted by Crippen LogP contribution is -2.46. The molecule has 0 bridgehead atoms. The fourth-order valence-electron chi connectivity index (χ4n) is 2.47. The molecule has 100 valence electrons. The van der Waals surface area contributed by atoms with Gasteiger partial charge in [0.25, 0.3) is 0 Å². The molecule has 0 aromatic rings. The van der Waals surface area contributed by atoms with Crippen LogP contribution < -0.4 is 11.1 Å². The zero-order valence-corrected chi connectivity index (χ0v) is 11.2. The number of amides is 1. The van der Waals surface area contributed by atoms with Crippen LogP contribution in [0.4, 0.5) is 0 Å². The summed E-state index contributed by atoms with van der Waals surface area (Å²) < 4.78 is 0. The number of carbonyl (C=O) groups is 1. The molecule has 17 heavy (non-hydrogen) atoms. The van der Waals surface area contributed by atoms with Gasteiger partial charge in [-0.25, -0.2) is 0 Å². The highest BCUT2D eigenvalue weighted by Gasteiger charge is 2.21. The van der Waals surface area contributed by atoms with Crippen molar-refractivity contribution in [3.8, 4) is 0 Å². The van der Waals surface area contributed by atoms with Crippen LogP contribution in [0.5, 0.6) is 0 Å². The van der Waals surface area contributed by atoms with Crippen LogP contribution in [0.25, 0.3) is 0 Å². The minimum absolute atomic E-state index is 0.201. The monoisotopic (exact) mass is 241 g/mol. The van der Waals surface area contributed by atoms with E-state index in [1.807, 2.05) is 0 Å². The van der Waals surface area contributed by atoms with Crippen molar-refractivity contribution in [3.63, 3.8) is 0 Å². The van der Waals surface area contributed by atoms with E-state index in [1.165, 1.54) is 6.42 Å². The zero-order chi connectivity index (χ0) is 12.7. The van der Waals surface area contributed by atoms with E-state index in [-0.39, 0.29) is 5.91 Å². The zero-order valence-electron chi connectivity index (χ0n) is 11.2. The second kappa shape index (κ2) is 7.67. The molecule has 1 aliphatic heterocycles. The van der Waals surface area contributed by atoms with E-state index in [1.54, 1.807) is 0 Å². The summed E-state index contributed by atoms with van der Waals surface area (Å²) in [5.41, 5.74) is 5.34. The summed E-state index contributed by atoms with van der Waals surface area (Å²) in [5.74, 6) is 0.534. The normalized spacial score (nSPS) is 17.9. The maximum atomic E-state index is 11.1. The highest BCUT2D eigenvalue weighted by molar-refractivity contribution is 5.75. The molecular weight excluding hydrogens is 214 g/mol. The molecule has 0 aromatic carbocycles. The number of nitrogens with two attached hydrogens (primary N) is 1. The summed E-state index contributed by atoms with van der Waals surface area (Å²) in [6.45, 7) is 8.02. The molecule has 1 amide bonds. The van der Waals surface area contributed by atoms with Gasteiger partial charge in [-0.15, -0.1) is 0 Å². The number of piperidine rings is 1. The van der Waals surface area contributed by atoms with E-state index in [0.717, 1.165) is 44.8 Å². The SMILES string of the molecule is CC(C)CCCN(CC(N)=O)C1CCNCC1. The molecule has 0 unspecified atom stereocenters. The first kappa shape index (κ1) is 14.5. The van der Waals surface area contributed by atoms with E-state index in [4.69, 9.17) is 5.73 Å². The molecule has 0 atom stereocenters. The Kier molecular flexibility index (Phi) is 6.52. The van der Waals surface area contributed by atoms with Gasteiger partial charge >= 0.3 is 0 Å². The molecule has 0 spiro atoms. The molecule has 1 saturated heterocycles. The van der Waals surface area contributed by atoms with E-state index in [2.05, 4.69) is 24.1 Å². The maximum Gasteiger partial charge on any atom is 0.231 e. The van der Waals surface area contributed by atoms with Crippen molar-refractivity contribution in [2.45, 2.75) is 45.6 Å². The number of rotatable bonds is 7. The Hall–Kier alpha value is -0.610. The van der Waals surface area contributed by atoms with Crippen molar-refractivity contribution in [1.29, 1.82) is 0 Å². The van der Waals surface area contributed by atoms with Crippen LogP contribution in [-0.4, -0.2) is 43.0 Å². The quantitative estimate of drug-likeness (QED) is 0.698. The lowest BCUT2D eigenvalue weighted by Gasteiger charge is -2.34. The maximum absolute atomic E-state index is 11.1. The molecular formula is C13H27N3O. The molecule has 1 fully saturated rings. The van der Waals surface area contributed by atoms with E-state index >= 15 is 0 Å². The molecule has 0 aliphatic carbocycles. The van der Waals surface area contributed by atoms with Gasteiger partial charge in [0.15, 0.2) is 0 Å². The van der Waals surface area contributed by atoms with Crippen molar-refractivity contribution in [3.05, 3.63) is 0 Å². The van der Waals surface area contributed by atoms with Crippen LogP contribution in [-0.2, 0) is 4.79 Å². The summed E-state index contributed by atoms with van der Waals surface area (Å²) >= 11 is 0. The van der Waals surface area contributed by atoms with Crippen LogP contribution in [0.3, 0.4) is 0 Å². The minimum Gasteiger partial charge on any atom is -0.369 e. The minimum atomic E-state index is -0.201. The van der Waals surface area contributed by atoms with E-state index in [0.29, 0.717) is 12.6 Å². The Balaban J connectivity index is 2.38. The largest absolute Gasteiger partial charge is 0.369 e. The van der Waals surface area contributed by atoms with Gasteiger partial charge in [-0.05, 0) is 51.2 Å². The predicted octanol–water partition coefficient (Wildman–Crippen LogP) is 0.962. The molecule has 0 aromatic heterocycles. The fraction of sp³-hybridized carbons (Fsp3) is 0.923. The van der Waals surface area contributed by atoms with Gasteiger partial charge < -0.3 is 11.1 Å². The second-order valence-electron chi connectivity index (χ2n) is 5.45. The van der Waals surface area contributed by atoms with Gasteiger partial charge in [0.2, 0.25) is 5.91 Å². The van der Waals surface area contributed by atoms with Gasteiger partial charge in [0.05, 0.1) is 6.54 Å². The third kappa shape index (κ3) is 6.03. The number of nitrogens with zero attached hydrogens (tertiary/aromatic N) is 1. The van der Waals surface area contributed by atoms with Crippen molar-refractivity contribution >= 4 is 5.91 Å². The lowest BCUT2D eigenvalue weighted by molar-refractivity contribution is -0.119. The first-order valence-electron chi connectivity index (χ1n) is 6.82. The number of hydrogen-bond donors (Lipinski definition) is 2. The number of nitrogens with one attached hydrogen (secondary N) is 1. The number of hydrogen-bond acceptors (Lipinski definition) is 3. The topological polar surface area (TPSA) is 58.4 Å². The Morgan fingerprint density at radius 2 is 2.06 bits per heavy atom. The van der Waals surface area contributed by atoms with Crippen molar-refractivity contribution < 1.29 is 4.79 Å². The molecule has 1 rings (SSSR count). The molecule has 3 N–H and O–H groups in total. The third-order valence-corrected chi connectivity index (χ3v) is 3.41. The van der Waals surface area contributed by atoms with Crippen LogP contribution in [0, 0.1) is 5.92 Å². The van der Waals surface area contributed by atoms with Gasteiger partial charge in [0, 0.05) is 6.04 Å². The van der Waals surface area contributed by atoms with Crippen LogP contribution in [0.15, 0.2) is 0 Å². The van der Waals surface area contributed by atoms with Gasteiger partial charge in [0.1, 0.15) is 0 Å². The standard InChI is InChI=1S/C13H27N3O/c1-11(2)4-3-9-16(10-13(14)17)12-5-7-15-8-6-12/h11-12,15H,3-10H2,1-2H3,(H2,14,17). The van der Waals surface area contributed by atoms with Crippen LogP contribution >= 0.6 is 0 Å². The van der Waals surface area contributed by atoms with Gasteiger partial charge in [-0.2, -0.15) is 0 Å². The number of primary amides is 1. The van der Waals surface area contributed by atoms with E-state index < -0.39 is 0 Å². The number of carbonyl (C=O) groups excluding carboxylic acids is 1. The van der Waals surface area contributed by atoms with Crippen molar-refractivity contribution in [1.82, 2.24) is 10.2 Å². The van der Waals surface area contributed by atoms with Crippen molar-refractivity contribution in [2.24, 2.45) is 11.7 Å². The first-order chi connectivity index (χ1) is 8.09. The molecule has 0 radical (unpaired) electrons. The van der Waals surface area contributed by atoms with Crippen molar-refractivity contribution in [2.75, 3.05) is 26.2 Å². The molecule has 1 heterocycles. The van der Waals surface area contributed by atoms with Crippen LogP contribution in [0.1, 0.15) is 39.5 Å². The average molecular weight is 241 g/mol.